The van der Waals surface area contributed by atoms with Gasteiger partial charge in [0.05, 0.1) is 4.92 Å². The predicted molar refractivity (Wildman–Crippen MR) is 68.8 cm³/mol. The van der Waals surface area contributed by atoms with Gasteiger partial charge in [0.2, 0.25) is 0 Å². The second kappa shape index (κ2) is 4.92. The van der Waals surface area contributed by atoms with Crippen molar-refractivity contribution in [1.82, 2.24) is 4.57 Å². The van der Waals surface area contributed by atoms with E-state index in [-0.39, 0.29) is 5.69 Å². The van der Waals surface area contributed by atoms with Crippen molar-refractivity contribution in [3.8, 4) is 0 Å². The minimum absolute atomic E-state index is 0.314. The minimum Gasteiger partial charge on any atom is -0.306 e. The van der Waals surface area contributed by atoms with Crippen LogP contribution in [0.25, 0.3) is 0 Å². The highest BCUT2D eigenvalue weighted by atomic mass is 16.6. The van der Waals surface area contributed by atoms with Crippen LogP contribution in [0.5, 0.6) is 0 Å². The van der Waals surface area contributed by atoms with Gasteiger partial charge in [0.15, 0.2) is 0 Å². The van der Waals surface area contributed by atoms with Crippen molar-refractivity contribution in [2.75, 3.05) is 0 Å². The van der Waals surface area contributed by atoms with Crippen LogP contribution in [0.3, 0.4) is 0 Å². The number of fused-ring (bicyclic) bond motifs is 1. The van der Waals surface area contributed by atoms with Gasteiger partial charge in [-0.05, 0) is 30.7 Å². The number of hydrogen-bond acceptors (Lipinski definition) is 3. The highest BCUT2D eigenvalue weighted by Crippen LogP contribution is 2.33. The second-order valence-corrected chi connectivity index (χ2v) is 4.93. The van der Waals surface area contributed by atoms with Crippen LogP contribution >= 0.6 is 0 Å². The van der Waals surface area contributed by atoms with Gasteiger partial charge in [-0.15, -0.1) is 0 Å². The summed E-state index contributed by atoms with van der Waals surface area (Å²) in [5, 5.41) is 10.8. The summed E-state index contributed by atoms with van der Waals surface area (Å²) in [4.78, 5) is 22.3. The molecule has 0 saturated heterocycles. The molecule has 1 aromatic heterocycles. The lowest BCUT2D eigenvalue weighted by molar-refractivity contribution is -0.386. The molecule has 1 aliphatic heterocycles. The van der Waals surface area contributed by atoms with E-state index in [1.54, 1.807) is 10.6 Å². The third kappa shape index (κ3) is 2.05. The van der Waals surface area contributed by atoms with Crippen LogP contribution in [0.4, 0.5) is 5.69 Å². The first-order valence-electron chi connectivity index (χ1n) is 6.46. The molecule has 2 heterocycles. The Morgan fingerprint density at radius 1 is 1.39 bits per heavy atom. The van der Waals surface area contributed by atoms with Crippen LogP contribution in [-0.4, -0.2) is 9.49 Å². The lowest BCUT2D eigenvalue weighted by atomic mass is 9.84. The zero-order valence-electron chi connectivity index (χ0n) is 10.8. The Bertz CT molecular complexity index is 521. The summed E-state index contributed by atoms with van der Waals surface area (Å²) in [6, 6.07) is 3.10. The number of aromatic nitrogens is 1. The van der Waals surface area contributed by atoms with Crippen LogP contribution in [0.15, 0.2) is 16.9 Å². The monoisotopic (exact) mass is 250 g/mol. The normalized spacial score (nSPS) is 22.6. The van der Waals surface area contributed by atoms with Crippen LogP contribution < -0.4 is 5.56 Å². The zero-order valence-corrected chi connectivity index (χ0v) is 10.8. The molecule has 0 bridgehead atoms. The Morgan fingerprint density at radius 2 is 2.11 bits per heavy atom. The van der Waals surface area contributed by atoms with E-state index in [4.69, 9.17) is 0 Å². The van der Waals surface area contributed by atoms with Crippen molar-refractivity contribution in [2.24, 2.45) is 5.92 Å². The fourth-order valence-electron chi connectivity index (χ4n) is 2.79. The molecule has 0 fully saturated rings. The van der Waals surface area contributed by atoms with Crippen molar-refractivity contribution in [3.63, 3.8) is 0 Å². The average molecular weight is 250 g/mol. The first-order valence-corrected chi connectivity index (χ1v) is 6.46. The SMILES string of the molecule is CCC1CC(CC)c2ccc([N+](=O)[O-])c(=O)n2C1. The summed E-state index contributed by atoms with van der Waals surface area (Å²) in [5.74, 6) is 0.791. The quantitative estimate of drug-likeness (QED) is 0.612. The zero-order chi connectivity index (χ0) is 13.3. The molecule has 5 nitrogen and oxygen atoms in total. The Kier molecular flexibility index (Phi) is 3.50. The molecule has 98 valence electrons. The third-order valence-electron chi connectivity index (χ3n) is 3.93. The van der Waals surface area contributed by atoms with Crippen LogP contribution in [-0.2, 0) is 6.54 Å². The Morgan fingerprint density at radius 3 is 2.67 bits per heavy atom. The maximum atomic E-state index is 12.1. The van der Waals surface area contributed by atoms with Gasteiger partial charge in [-0.3, -0.25) is 14.9 Å². The van der Waals surface area contributed by atoms with Crippen molar-refractivity contribution in [1.29, 1.82) is 0 Å². The van der Waals surface area contributed by atoms with Crippen molar-refractivity contribution >= 4 is 5.69 Å². The minimum atomic E-state index is -0.591. The molecule has 0 N–H and O–H groups in total. The summed E-state index contributed by atoms with van der Waals surface area (Å²) in [5.41, 5.74) is 0.192. The number of rotatable bonds is 3. The molecule has 1 aromatic rings. The van der Waals surface area contributed by atoms with E-state index in [0.29, 0.717) is 18.4 Å². The molecular weight excluding hydrogens is 232 g/mol. The van der Waals surface area contributed by atoms with Crippen molar-refractivity contribution < 1.29 is 4.92 Å². The highest BCUT2D eigenvalue weighted by molar-refractivity contribution is 5.30. The summed E-state index contributed by atoms with van der Waals surface area (Å²) >= 11 is 0. The number of nitrogens with zero attached hydrogens (tertiary/aromatic N) is 2. The van der Waals surface area contributed by atoms with Gasteiger partial charge in [0, 0.05) is 18.3 Å². The molecule has 0 saturated carbocycles. The van der Waals surface area contributed by atoms with Gasteiger partial charge < -0.3 is 4.57 Å². The molecule has 2 unspecified atom stereocenters. The predicted octanol–water partition coefficient (Wildman–Crippen LogP) is 2.68. The summed E-state index contributed by atoms with van der Waals surface area (Å²) in [6.45, 7) is 4.81. The molecule has 0 spiro atoms. The lowest BCUT2D eigenvalue weighted by Gasteiger charge is -2.31. The Balaban J connectivity index is 2.54. The smallest absolute Gasteiger partial charge is 0.306 e. The van der Waals surface area contributed by atoms with E-state index in [0.717, 1.165) is 25.0 Å². The van der Waals surface area contributed by atoms with Crippen molar-refractivity contribution in [2.45, 2.75) is 45.6 Å². The highest BCUT2D eigenvalue weighted by Gasteiger charge is 2.28. The molecule has 0 aliphatic carbocycles. The first-order chi connectivity index (χ1) is 8.58. The van der Waals surface area contributed by atoms with Gasteiger partial charge >= 0.3 is 11.2 Å². The van der Waals surface area contributed by atoms with Gasteiger partial charge in [0.1, 0.15) is 0 Å². The molecule has 0 amide bonds. The molecular formula is C13H18N2O3. The molecule has 5 heteroatoms. The lowest BCUT2D eigenvalue weighted by Crippen LogP contribution is -2.34. The fourth-order valence-corrected chi connectivity index (χ4v) is 2.79. The molecule has 0 aromatic carbocycles. The van der Waals surface area contributed by atoms with Gasteiger partial charge in [-0.25, -0.2) is 0 Å². The van der Waals surface area contributed by atoms with Crippen LogP contribution in [0, 0.1) is 16.0 Å². The topological polar surface area (TPSA) is 65.1 Å². The second-order valence-electron chi connectivity index (χ2n) is 4.93. The van der Waals surface area contributed by atoms with E-state index in [1.807, 2.05) is 0 Å². The summed E-state index contributed by atoms with van der Waals surface area (Å²) in [6.07, 6.45) is 3.04. The number of nitro groups is 1. The number of pyridine rings is 1. The van der Waals surface area contributed by atoms with Crippen LogP contribution in [0.2, 0.25) is 0 Å². The fraction of sp³-hybridized carbons (Fsp3) is 0.615. The molecule has 2 atom stereocenters. The standard InChI is InChI=1S/C13H18N2O3/c1-3-9-7-10(4-2)11-5-6-12(15(17)18)13(16)14(11)8-9/h5-6,9-10H,3-4,7-8H2,1-2H3. The summed E-state index contributed by atoms with van der Waals surface area (Å²) in [7, 11) is 0. The van der Waals surface area contributed by atoms with E-state index in [1.165, 1.54) is 6.07 Å². The maximum absolute atomic E-state index is 12.1. The molecule has 1 aliphatic rings. The Labute approximate surface area is 106 Å². The maximum Gasteiger partial charge on any atom is 0.334 e. The van der Waals surface area contributed by atoms with E-state index < -0.39 is 10.5 Å². The van der Waals surface area contributed by atoms with E-state index >= 15 is 0 Å². The van der Waals surface area contributed by atoms with Gasteiger partial charge in [0.25, 0.3) is 0 Å². The average Bonchev–Trinajstić information content (AvgIpc) is 2.37. The molecule has 18 heavy (non-hydrogen) atoms. The van der Waals surface area contributed by atoms with E-state index in [9.17, 15) is 14.9 Å². The van der Waals surface area contributed by atoms with Gasteiger partial charge in [-0.1, -0.05) is 20.3 Å². The van der Waals surface area contributed by atoms with Gasteiger partial charge in [-0.2, -0.15) is 0 Å². The number of hydrogen-bond donors (Lipinski definition) is 0. The molecule has 2 rings (SSSR count). The largest absolute Gasteiger partial charge is 0.334 e. The Hall–Kier alpha value is -1.65. The van der Waals surface area contributed by atoms with E-state index in [2.05, 4.69) is 13.8 Å². The third-order valence-corrected chi connectivity index (χ3v) is 3.93. The van der Waals surface area contributed by atoms with Crippen molar-refractivity contribution in [3.05, 3.63) is 38.3 Å². The molecule has 0 radical (unpaired) electrons. The van der Waals surface area contributed by atoms with Crippen LogP contribution in [0.1, 0.15) is 44.7 Å². The summed E-state index contributed by atoms with van der Waals surface area (Å²) < 4.78 is 1.62. The first kappa shape index (κ1) is 12.8.